The number of sulfonamides is 1. The Bertz CT molecular complexity index is 1100. The molecule has 0 aliphatic heterocycles. The molecule has 3 rings (SSSR count). The maximum Gasteiger partial charge on any atom is 0.337 e. The van der Waals surface area contributed by atoms with Crippen LogP contribution >= 0.6 is 27.5 Å². The lowest BCUT2D eigenvalue weighted by Gasteiger charge is -2.11. The molecule has 8 heteroatoms. The van der Waals surface area contributed by atoms with E-state index in [1.165, 1.54) is 24.3 Å². The summed E-state index contributed by atoms with van der Waals surface area (Å²) in [6.45, 7) is 0. The van der Waals surface area contributed by atoms with Gasteiger partial charge < -0.3 is 5.11 Å². The number of hydrogen-bond acceptors (Lipinski definition) is 3. The number of anilines is 1. The van der Waals surface area contributed by atoms with Gasteiger partial charge in [0.15, 0.2) is 0 Å². The lowest BCUT2D eigenvalue weighted by molar-refractivity contribution is 0.0698. The van der Waals surface area contributed by atoms with Crippen molar-refractivity contribution < 1.29 is 18.3 Å². The zero-order valence-corrected chi connectivity index (χ0v) is 16.8. The van der Waals surface area contributed by atoms with E-state index in [4.69, 9.17) is 11.6 Å². The molecule has 0 atom stereocenters. The van der Waals surface area contributed by atoms with Crippen molar-refractivity contribution >= 4 is 49.2 Å². The molecule has 0 saturated heterocycles. The summed E-state index contributed by atoms with van der Waals surface area (Å²) in [6.07, 6.45) is 0. The van der Waals surface area contributed by atoms with Crippen molar-refractivity contribution in [2.45, 2.75) is 4.90 Å². The predicted octanol–water partition coefficient (Wildman–Crippen LogP) is 5.27. The molecule has 0 fully saturated rings. The third-order valence-electron chi connectivity index (χ3n) is 3.80. The largest absolute Gasteiger partial charge is 0.478 e. The summed E-state index contributed by atoms with van der Waals surface area (Å²) in [4.78, 5) is 11.4. The van der Waals surface area contributed by atoms with Crippen LogP contribution in [0.25, 0.3) is 11.1 Å². The molecule has 2 N–H and O–H groups in total. The number of hydrogen-bond donors (Lipinski definition) is 2. The summed E-state index contributed by atoms with van der Waals surface area (Å²) in [5, 5.41) is 9.89. The number of carboxylic acid groups (broad SMARTS) is 1. The Balaban J connectivity index is 1.90. The number of aromatic carboxylic acids is 1. The maximum atomic E-state index is 12.6. The molecule has 27 heavy (non-hydrogen) atoms. The predicted molar refractivity (Wildman–Crippen MR) is 109 cm³/mol. The van der Waals surface area contributed by atoms with E-state index in [1.54, 1.807) is 30.3 Å². The molecule has 0 aliphatic rings. The van der Waals surface area contributed by atoms with Gasteiger partial charge in [-0.15, -0.1) is 0 Å². The van der Waals surface area contributed by atoms with Gasteiger partial charge in [0.2, 0.25) is 0 Å². The fraction of sp³-hybridized carbons (Fsp3) is 0. The fourth-order valence-electron chi connectivity index (χ4n) is 2.45. The van der Waals surface area contributed by atoms with Crippen LogP contribution < -0.4 is 4.72 Å². The third kappa shape index (κ3) is 4.50. The van der Waals surface area contributed by atoms with Crippen LogP contribution in [0.4, 0.5) is 5.69 Å². The van der Waals surface area contributed by atoms with Gasteiger partial charge in [-0.05, 0) is 53.6 Å². The van der Waals surface area contributed by atoms with E-state index >= 15 is 0 Å². The second kappa shape index (κ2) is 7.72. The minimum absolute atomic E-state index is 0.00697. The molecule has 0 amide bonds. The zero-order chi connectivity index (χ0) is 19.6. The first-order chi connectivity index (χ1) is 12.8. The Hall–Kier alpha value is -2.35. The molecule has 3 aromatic rings. The van der Waals surface area contributed by atoms with E-state index in [9.17, 15) is 18.3 Å². The maximum absolute atomic E-state index is 12.6. The zero-order valence-electron chi connectivity index (χ0n) is 13.7. The molecule has 0 bridgehead atoms. The monoisotopic (exact) mass is 465 g/mol. The molecule has 0 unspecified atom stereocenters. The summed E-state index contributed by atoms with van der Waals surface area (Å²) in [5.41, 5.74) is 1.58. The van der Waals surface area contributed by atoms with E-state index in [1.807, 2.05) is 12.1 Å². The van der Waals surface area contributed by atoms with E-state index in [0.717, 1.165) is 11.1 Å². The molecule has 0 radical (unpaired) electrons. The lowest BCUT2D eigenvalue weighted by Crippen LogP contribution is -2.15. The lowest BCUT2D eigenvalue weighted by atomic mass is 10.1. The van der Waals surface area contributed by atoms with Gasteiger partial charge in [0, 0.05) is 9.50 Å². The summed E-state index contributed by atoms with van der Waals surface area (Å²) < 4.78 is 28.1. The molecular formula is C19H13BrClNO4S. The first kappa shape index (κ1) is 19.4. The molecule has 0 saturated carbocycles. The van der Waals surface area contributed by atoms with Crippen LogP contribution in [0.5, 0.6) is 0 Å². The SMILES string of the molecule is O=C(O)c1cc(Br)ccc1NS(=O)(=O)c1ccc(-c2ccc(Cl)cc2)cc1. The van der Waals surface area contributed by atoms with Gasteiger partial charge in [-0.25, -0.2) is 13.2 Å². The highest BCUT2D eigenvalue weighted by atomic mass is 79.9. The van der Waals surface area contributed by atoms with Gasteiger partial charge in [-0.1, -0.05) is 51.8 Å². The first-order valence-electron chi connectivity index (χ1n) is 7.68. The second-order valence-corrected chi connectivity index (χ2v) is 8.67. The number of carboxylic acids is 1. The molecule has 138 valence electrons. The normalized spacial score (nSPS) is 11.2. The van der Waals surface area contributed by atoms with Crippen molar-refractivity contribution in [2.24, 2.45) is 0 Å². The Morgan fingerprint density at radius 1 is 0.926 bits per heavy atom. The van der Waals surface area contributed by atoms with Crippen LogP contribution in [-0.2, 0) is 10.0 Å². The van der Waals surface area contributed by atoms with Gasteiger partial charge in [0.25, 0.3) is 10.0 Å². The van der Waals surface area contributed by atoms with Crippen LogP contribution in [0.15, 0.2) is 76.1 Å². The minimum Gasteiger partial charge on any atom is -0.478 e. The Kier molecular flexibility index (Phi) is 5.55. The summed E-state index contributed by atoms with van der Waals surface area (Å²) in [7, 11) is -3.94. The standard InChI is InChI=1S/C19H13BrClNO4S/c20-14-5-10-18(17(11-14)19(23)24)22-27(25,26)16-8-3-13(4-9-16)12-1-6-15(21)7-2-12/h1-11,22H,(H,23,24). The van der Waals surface area contributed by atoms with Crippen molar-refractivity contribution in [1.29, 1.82) is 0 Å². The summed E-state index contributed by atoms with van der Waals surface area (Å²) in [6, 6.07) is 17.8. The van der Waals surface area contributed by atoms with Crippen LogP contribution in [0.1, 0.15) is 10.4 Å². The molecule has 3 aromatic carbocycles. The molecular weight excluding hydrogens is 454 g/mol. The van der Waals surface area contributed by atoms with Gasteiger partial charge in [-0.3, -0.25) is 4.72 Å². The summed E-state index contributed by atoms with van der Waals surface area (Å²) >= 11 is 9.05. The fourth-order valence-corrected chi connectivity index (χ4v) is 4.02. The summed E-state index contributed by atoms with van der Waals surface area (Å²) in [5.74, 6) is -1.23. The number of carbonyl (C=O) groups is 1. The highest BCUT2D eigenvalue weighted by Crippen LogP contribution is 2.26. The highest BCUT2D eigenvalue weighted by Gasteiger charge is 2.19. The smallest absolute Gasteiger partial charge is 0.337 e. The van der Waals surface area contributed by atoms with Crippen LogP contribution in [0, 0.1) is 0 Å². The topological polar surface area (TPSA) is 83.5 Å². The molecule has 0 spiro atoms. The van der Waals surface area contributed by atoms with E-state index in [0.29, 0.717) is 9.50 Å². The van der Waals surface area contributed by atoms with E-state index in [2.05, 4.69) is 20.7 Å². The number of rotatable bonds is 5. The second-order valence-electron chi connectivity index (χ2n) is 5.63. The van der Waals surface area contributed by atoms with Crippen molar-refractivity contribution in [2.75, 3.05) is 4.72 Å². The quantitative estimate of drug-likeness (QED) is 0.537. The number of halogens is 2. The van der Waals surface area contributed by atoms with Crippen molar-refractivity contribution in [3.63, 3.8) is 0 Å². The van der Waals surface area contributed by atoms with Gasteiger partial charge in [-0.2, -0.15) is 0 Å². The third-order valence-corrected chi connectivity index (χ3v) is 5.93. The Labute approximate surface area is 169 Å². The van der Waals surface area contributed by atoms with Gasteiger partial charge in [0.1, 0.15) is 0 Å². The molecule has 5 nitrogen and oxygen atoms in total. The minimum atomic E-state index is -3.94. The van der Waals surface area contributed by atoms with Crippen LogP contribution in [0.3, 0.4) is 0 Å². The Morgan fingerprint density at radius 2 is 1.48 bits per heavy atom. The van der Waals surface area contributed by atoms with Gasteiger partial charge >= 0.3 is 5.97 Å². The average molecular weight is 467 g/mol. The molecule has 0 heterocycles. The van der Waals surface area contributed by atoms with Crippen molar-refractivity contribution in [3.8, 4) is 11.1 Å². The van der Waals surface area contributed by atoms with Crippen LogP contribution in [-0.4, -0.2) is 19.5 Å². The number of nitrogens with one attached hydrogen (secondary N) is 1. The first-order valence-corrected chi connectivity index (χ1v) is 10.3. The van der Waals surface area contributed by atoms with Gasteiger partial charge in [0.05, 0.1) is 16.1 Å². The number of benzene rings is 3. The van der Waals surface area contributed by atoms with Crippen molar-refractivity contribution in [1.82, 2.24) is 0 Å². The molecule has 0 aliphatic carbocycles. The van der Waals surface area contributed by atoms with Crippen molar-refractivity contribution in [3.05, 3.63) is 81.8 Å². The highest BCUT2D eigenvalue weighted by molar-refractivity contribution is 9.10. The van der Waals surface area contributed by atoms with Crippen LogP contribution in [0.2, 0.25) is 5.02 Å². The average Bonchev–Trinajstić information content (AvgIpc) is 2.63. The molecule has 0 aromatic heterocycles. The van der Waals surface area contributed by atoms with E-state index < -0.39 is 16.0 Å². The van der Waals surface area contributed by atoms with E-state index in [-0.39, 0.29) is 16.1 Å². The Morgan fingerprint density at radius 3 is 2.04 bits per heavy atom.